The van der Waals surface area contributed by atoms with Gasteiger partial charge in [0.25, 0.3) is 0 Å². The Bertz CT molecular complexity index is 1160. The Balaban J connectivity index is 0.00000361. The topological polar surface area (TPSA) is 36.5 Å². The van der Waals surface area contributed by atoms with Gasteiger partial charge in [0, 0.05) is 29.7 Å². The van der Waals surface area contributed by atoms with Crippen molar-refractivity contribution >= 4 is 34.9 Å². The highest BCUT2D eigenvalue weighted by atomic mass is 127. The average molecular weight is 602 g/mol. The van der Waals surface area contributed by atoms with E-state index in [9.17, 15) is 0 Å². The summed E-state index contributed by atoms with van der Waals surface area (Å²) < 4.78 is 21.5. The van der Waals surface area contributed by atoms with Crippen LogP contribution in [-0.4, -0.2) is 18.0 Å². The van der Waals surface area contributed by atoms with Crippen LogP contribution < -0.4 is 14.0 Å². The number of rotatable bonds is 15. The van der Waals surface area contributed by atoms with Gasteiger partial charge in [-0.3, -0.25) is 0 Å². The van der Waals surface area contributed by atoms with Crippen LogP contribution in [0.3, 0.4) is 0 Å². The number of aryl methyl sites for hydroxylation is 2. The van der Waals surface area contributed by atoms with Crippen LogP contribution in [0, 0.1) is 0 Å². The van der Waals surface area contributed by atoms with Crippen molar-refractivity contribution in [3.63, 3.8) is 0 Å². The molecule has 0 spiro atoms. The molecule has 6 heteroatoms. The molecular formula is C30H38IN2O3+. The molecule has 4 rings (SSSR count). The summed E-state index contributed by atoms with van der Waals surface area (Å²) in [6.45, 7) is 2.73. The lowest BCUT2D eigenvalue weighted by Gasteiger charge is -2.08. The van der Waals surface area contributed by atoms with Crippen molar-refractivity contribution < 1.29 is 18.8 Å². The zero-order valence-electron chi connectivity index (χ0n) is 21.2. The molecule has 4 aromatic rings. The first kappa shape index (κ1) is 28.0. The number of ether oxygens (including phenoxy) is 3. The van der Waals surface area contributed by atoms with Crippen LogP contribution in [0.1, 0.15) is 44.1 Å². The molecule has 0 unspecified atom stereocenters. The highest BCUT2D eigenvalue weighted by molar-refractivity contribution is 14.0. The highest BCUT2D eigenvalue weighted by Gasteiger charge is 2.04. The summed E-state index contributed by atoms with van der Waals surface area (Å²) in [6.07, 6.45) is 13.4. The molecule has 2 aromatic carbocycles. The Morgan fingerprint density at radius 1 is 0.778 bits per heavy atom. The summed E-state index contributed by atoms with van der Waals surface area (Å²) in [5.41, 5.74) is 2.46. The number of benzene rings is 2. The molecule has 36 heavy (non-hydrogen) atoms. The lowest BCUT2D eigenvalue weighted by atomic mass is 10.1. The second-order valence-corrected chi connectivity index (χ2v) is 9.00. The van der Waals surface area contributed by atoms with Gasteiger partial charge < -0.3 is 18.8 Å². The summed E-state index contributed by atoms with van der Waals surface area (Å²) in [6, 6.07) is 22.8. The van der Waals surface area contributed by atoms with Gasteiger partial charge in [0.15, 0.2) is 18.7 Å². The molecule has 0 aliphatic heterocycles. The van der Waals surface area contributed by atoms with Gasteiger partial charge in [0.2, 0.25) is 6.20 Å². The normalized spacial score (nSPS) is 10.8. The molecule has 5 nitrogen and oxygen atoms in total. The van der Waals surface area contributed by atoms with Crippen LogP contribution in [0.4, 0.5) is 0 Å². The van der Waals surface area contributed by atoms with E-state index in [0.29, 0.717) is 13.4 Å². The van der Waals surface area contributed by atoms with E-state index in [-0.39, 0.29) is 24.0 Å². The summed E-state index contributed by atoms with van der Waals surface area (Å²) in [7, 11) is 1.98. The summed E-state index contributed by atoms with van der Waals surface area (Å²) in [4.78, 5) is 0. The number of hydrogen-bond donors (Lipinski definition) is 0. The van der Waals surface area contributed by atoms with Gasteiger partial charge in [0.05, 0.1) is 6.61 Å². The van der Waals surface area contributed by atoms with Crippen LogP contribution in [0.2, 0.25) is 0 Å². The Hall–Kier alpha value is -2.58. The van der Waals surface area contributed by atoms with Gasteiger partial charge in [-0.05, 0) is 48.7 Å². The Morgan fingerprint density at radius 2 is 1.58 bits per heavy atom. The standard InChI is InChI=1S/C30H37N2O3.HI/c1-31-18-11-14-29(23-31)35-25-33-21-10-5-3-2-4-9-19-32-20-17-27-22-28(15-16-30(27)32)34-24-26-12-7-6-8-13-26;/h6-8,11-18,20,22-23H,2-5,9-10,19,21,24-25H2,1H3;1H/q+1;. The monoisotopic (exact) mass is 601 g/mol. The van der Waals surface area contributed by atoms with Crippen LogP contribution in [0.15, 0.2) is 85.3 Å². The maximum atomic E-state index is 5.97. The van der Waals surface area contributed by atoms with Gasteiger partial charge in [0.1, 0.15) is 19.4 Å². The van der Waals surface area contributed by atoms with E-state index in [1.807, 2.05) is 54.3 Å². The molecule has 0 amide bonds. The third-order valence-corrected chi connectivity index (χ3v) is 6.15. The third-order valence-electron chi connectivity index (χ3n) is 6.15. The highest BCUT2D eigenvalue weighted by Crippen LogP contribution is 2.23. The van der Waals surface area contributed by atoms with E-state index in [0.717, 1.165) is 31.1 Å². The fourth-order valence-corrected chi connectivity index (χ4v) is 4.21. The minimum absolute atomic E-state index is 0. The van der Waals surface area contributed by atoms with Gasteiger partial charge >= 0.3 is 0 Å². The van der Waals surface area contributed by atoms with E-state index in [1.54, 1.807) is 0 Å². The molecule has 0 saturated heterocycles. The Kier molecular flexibility index (Phi) is 12.1. The lowest BCUT2D eigenvalue weighted by molar-refractivity contribution is -0.671. The van der Waals surface area contributed by atoms with Gasteiger partial charge in [-0.15, -0.1) is 24.0 Å². The molecule has 0 saturated carbocycles. The third kappa shape index (κ3) is 9.13. The predicted molar refractivity (Wildman–Crippen MR) is 155 cm³/mol. The first-order valence-electron chi connectivity index (χ1n) is 12.7. The molecular weight excluding hydrogens is 563 g/mol. The molecule has 0 fully saturated rings. The number of halogens is 1. The Morgan fingerprint density at radius 3 is 2.42 bits per heavy atom. The number of aromatic nitrogens is 2. The van der Waals surface area contributed by atoms with E-state index in [2.05, 4.69) is 47.2 Å². The van der Waals surface area contributed by atoms with Crippen molar-refractivity contribution in [1.82, 2.24) is 4.57 Å². The minimum Gasteiger partial charge on any atom is -0.489 e. The summed E-state index contributed by atoms with van der Waals surface area (Å²) in [5.74, 6) is 1.76. The van der Waals surface area contributed by atoms with Crippen LogP contribution in [0.25, 0.3) is 10.9 Å². The summed E-state index contributed by atoms with van der Waals surface area (Å²) >= 11 is 0. The number of fused-ring (bicyclic) bond motifs is 1. The van der Waals surface area contributed by atoms with E-state index < -0.39 is 0 Å². The largest absolute Gasteiger partial charge is 0.489 e. The number of hydrogen-bond acceptors (Lipinski definition) is 3. The maximum absolute atomic E-state index is 5.97. The number of nitrogens with zero attached hydrogens (tertiary/aromatic N) is 2. The van der Waals surface area contributed by atoms with E-state index >= 15 is 0 Å². The maximum Gasteiger partial charge on any atom is 0.211 e. The van der Waals surface area contributed by atoms with Crippen molar-refractivity contribution in [2.75, 3.05) is 13.4 Å². The van der Waals surface area contributed by atoms with E-state index in [1.165, 1.54) is 48.6 Å². The molecule has 0 atom stereocenters. The number of unbranched alkanes of at least 4 members (excludes halogenated alkanes) is 5. The average Bonchev–Trinajstić information content (AvgIpc) is 3.29. The van der Waals surface area contributed by atoms with Crippen LogP contribution in [-0.2, 0) is 24.9 Å². The smallest absolute Gasteiger partial charge is 0.211 e. The lowest BCUT2D eigenvalue weighted by Crippen LogP contribution is -2.26. The SMILES string of the molecule is C[n+]1cccc(OCOCCCCCCCCn2ccc3cc(OCc4ccccc4)ccc32)c1.I. The number of pyridine rings is 1. The van der Waals surface area contributed by atoms with E-state index in [4.69, 9.17) is 14.2 Å². The first-order chi connectivity index (χ1) is 17.3. The van der Waals surface area contributed by atoms with Gasteiger partial charge in [-0.25, -0.2) is 4.57 Å². The second-order valence-electron chi connectivity index (χ2n) is 9.00. The van der Waals surface area contributed by atoms with Crippen LogP contribution in [0.5, 0.6) is 11.5 Å². The quantitative estimate of drug-likeness (QED) is 0.0634. The molecule has 0 bridgehead atoms. The zero-order valence-corrected chi connectivity index (χ0v) is 23.5. The molecule has 2 heterocycles. The fraction of sp³-hybridized carbons (Fsp3) is 0.367. The molecule has 0 N–H and O–H groups in total. The Labute approximate surface area is 232 Å². The van der Waals surface area contributed by atoms with Crippen molar-refractivity contribution in [2.45, 2.75) is 51.7 Å². The second kappa shape index (κ2) is 15.5. The van der Waals surface area contributed by atoms with Crippen molar-refractivity contribution in [2.24, 2.45) is 7.05 Å². The molecule has 192 valence electrons. The zero-order chi connectivity index (χ0) is 24.1. The van der Waals surface area contributed by atoms with Crippen molar-refractivity contribution in [1.29, 1.82) is 0 Å². The first-order valence-corrected chi connectivity index (χ1v) is 12.7. The molecule has 0 radical (unpaired) electrons. The molecule has 0 aliphatic rings. The van der Waals surface area contributed by atoms with Gasteiger partial charge in [-0.1, -0.05) is 56.0 Å². The van der Waals surface area contributed by atoms with Crippen molar-refractivity contribution in [3.05, 3.63) is 90.9 Å². The minimum atomic E-state index is 0. The fourth-order valence-electron chi connectivity index (χ4n) is 4.21. The molecule has 2 aromatic heterocycles. The predicted octanol–water partition coefficient (Wildman–Crippen LogP) is 7.06. The van der Waals surface area contributed by atoms with Gasteiger partial charge in [-0.2, -0.15) is 0 Å². The van der Waals surface area contributed by atoms with Crippen LogP contribution >= 0.6 is 24.0 Å². The van der Waals surface area contributed by atoms with Crippen molar-refractivity contribution in [3.8, 4) is 11.5 Å². The summed E-state index contributed by atoms with van der Waals surface area (Å²) in [5, 5.41) is 1.24. The molecule has 0 aliphatic carbocycles.